The zero-order valence-electron chi connectivity index (χ0n) is 20.2. The van der Waals surface area contributed by atoms with Crippen molar-refractivity contribution in [2.24, 2.45) is 0 Å². The quantitative estimate of drug-likeness (QED) is 0.469. The van der Waals surface area contributed by atoms with Gasteiger partial charge in [0.25, 0.3) is 0 Å². The van der Waals surface area contributed by atoms with Gasteiger partial charge >= 0.3 is 0 Å². The van der Waals surface area contributed by atoms with Crippen molar-refractivity contribution in [2.45, 2.75) is 38.5 Å². The zero-order valence-corrected chi connectivity index (χ0v) is 20.2. The van der Waals surface area contributed by atoms with E-state index in [2.05, 4.69) is 9.88 Å². The average molecular weight is 469 g/mol. The number of amides is 1. The molecule has 184 valence electrons. The number of carbonyl (C=O) groups is 1. The van der Waals surface area contributed by atoms with Crippen LogP contribution in [0, 0.1) is 0 Å². The third kappa shape index (κ3) is 7.14. The summed E-state index contributed by atoms with van der Waals surface area (Å²) in [5, 5.41) is 0. The normalized spacial score (nSPS) is 16.6. The van der Waals surface area contributed by atoms with E-state index >= 15 is 0 Å². The molecule has 0 atom stereocenters. The summed E-state index contributed by atoms with van der Waals surface area (Å²) < 4.78 is 16.9. The lowest BCUT2D eigenvalue weighted by molar-refractivity contribution is -0.135. The Balaban J connectivity index is 1.30. The maximum Gasteiger partial charge on any atom is 0.223 e. The molecule has 0 saturated carbocycles. The van der Waals surface area contributed by atoms with Crippen LogP contribution >= 0.6 is 0 Å². The van der Waals surface area contributed by atoms with Crippen LogP contribution in [-0.4, -0.2) is 85.3 Å². The van der Waals surface area contributed by atoms with E-state index in [1.807, 2.05) is 29.2 Å². The van der Waals surface area contributed by atoms with Gasteiger partial charge in [0.15, 0.2) is 11.5 Å². The number of rotatable bonds is 11. The van der Waals surface area contributed by atoms with Gasteiger partial charge in [-0.3, -0.25) is 4.79 Å². The second-order valence-electron chi connectivity index (χ2n) is 8.87. The van der Waals surface area contributed by atoms with Crippen molar-refractivity contribution in [1.29, 1.82) is 0 Å². The summed E-state index contributed by atoms with van der Waals surface area (Å²) in [7, 11) is 1.66. The minimum Gasteiger partial charge on any atom is -0.493 e. The molecule has 3 heterocycles. The predicted octanol–water partition coefficient (Wildman–Crippen LogP) is 2.73. The number of ether oxygens (including phenoxy) is 3. The van der Waals surface area contributed by atoms with Gasteiger partial charge in [-0.15, -0.1) is 0 Å². The van der Waals surface area contributed by atoms with Crippen molar-refractivity contribution in [3.05, 3.63) is 47.5 Å². The fraction of sp³-hybridized carbons (Fsp3) is 0.577. The lowest BCUT2D eigenvalue weighted by Crippen LogP contribution is -2.40. The third-order valence-electron chi connectivity index (χ3n) is 6.39. The number of aromatic nitrogens is 2. The molecule has 0 bridgehead atoms. The van der Waals surface area contributed by atoms with Gasteiger partial charge in [-0.25, -0.2) is 9.97 Å². The number of morpholine rings is 1. The van der Waals surface area contributed by atoms with Crippen LogP contribution < -0.4 is 9.47 Å². The second kappa shape index (κ2) is 12.7. The maximum atomic E-state index is 12.4. The molecule has 8 heteroatoms. The summed E-state index contributed by atoms with van der Waals surface area (Å²) in [6, 6.07) is 7.87. The Labute approximate surface area is 202 Å². The molecule has 0 unspecified atom stereocenters. The summed E-state index contributed by atoms with van der Waals surface area (Å²) in [5.74, 6) is 2.39. The molecule has 1 aromatic carbocycles. The van der Waals surface area contributed by atoms with E-state index in [1.165, 1.54) is 25.9 Å². The van der Waals surface area contributed by atoms with Crippen molar-refractivity contribution in [2.75, 3.05) is 59.7 Å². The van der Waals surface area contributed by atoms with Gasteiger partial charge in [-0.05, 0) is 62.5 Å². The average Bonchev–Trinajstić information content (AvgIpc) is 3.40. The molecule has 2 aliphatic rings. The Morgan fingerprint density at radius 2 is 1.91 bits per heavy atom. The highest BCUT2D eigenvalue weighted by Gasteiger charge is 2.17. The van der Waals surface area contributed by atoms with Crippen molar-refractivity contribution >= 4 is 5.91 Å². The first-order chi connectivity index (χ1) is 16.7. The van der Waals surface area contributed by atoms with E-state index in [-0.39, 0.29) is 5.91 Å². The number of carbonyl (C=O) groups excluding carboxylic acids is 1. The van der Waals surface area contributed by atoms with Crippen LogP contribution in [-0.2, 0) is 22.4 Å². The smallest absolute Gasteiger partial charge is 0.223 e. The molecule has 0 radical (unpaired) electrons. The van der Waals surface area contributed by atoms with Crippen molar-refractivity contribution in [3.8, 4) is 11.5 Å². The highest BCUT2D eigenvalue weighted by molar-refractivity contribution is 5.76. The zero-order chi connectivity index (χ0) is 23.6. The number of benzene rings is 1. The summed E-state index contributed by atoms with van der Waals surface area (Å²) >= 11 is 0. The van der Waals surface area contributed by atoms with Crippen LogP contribution in [0.5, 0.6) is 11.5 Å². The second-order valence-corrected chi connectivity index (χ2v) is 8.87. The highest BCUT2D eigenvalue weighted by atomic mass is 16.5. The van der Waals surface area contributed by atoms with E-state index in [0.29, 0.717) is 52.2 Å². The summed E-state index contributed by atoms with van der Waals surface area (Å²) in [6.07, 6.45) is 7.06. The number of methoxy groups -OCH3 is 1. The van der Waals surface area contributed by atoms with Crippen LogP contribution in [0.2, 0.25) is 0 Å². The molecule has 1 aromatic heterocycles. The van der Waals surface area contributed by atoms with Crippen LogP contribution in [0.1, 0.15) is 42.8 Å². The molecule has 2 fully saturated rings. The van der Waals surface area contributed by atoms with E-state index in [0.717, 1.165) is 41.5 Å². The summed E-state index contributed by atoms with van der Waals surface area (Å²) in [6.45, 7) is 6.75. The molecule has 0 aliphatic carbocycles. The molecule has 2 saturated heterocycles. The molecule has 2 aliphatic heterocycles. The lowest BCUT2D eigenvalue weighted by Gasteiger charge is -2.26. The van der Waals surface area contributed by atoms with Gasteiger partial charge < -0.3 is 24.0 Å². The number of hydrogen-bond donors (Lipinski definition) is 0. The van der Waals surface area contributed by atoms with Crippen molar-refractivity contribution < 1.29 is 19.0 Å². The molecule has 0 N–H and O–H groups in total. The Morgan fingerprint density at radius 1 is 1.09 bits per heavy atom. The van der Waals surface area contributed by atoms with Gasteiger partial charge in [-0.1, -0.05) is 6.07 Å². The Bertz CT molecular complexity index is 927. The molecule has 34 heavy (non-hydrogen) atoms. The van der Waals surface area contributed by atoms with Gasteiger partial charge in [-0.2, -0.15) is 0 Å². The van der Waals surface area contributed by atoms with E-state index in [1.54, 1.807) is 13.3 Å². The number of hydrogen-bond acceptors (Lipinski definition) is 7. The van der Waals surface area contributed by atoms with E-state index in [9.17, 15) is 4.79 Å². The minimum absolute atomic E-state index is 0.158. The monoisotopic (exact) mass is 468 g/mol. The van der Waals surface area contributed by atoms with E-state index < -0.39 is 0 Å². The standard InChI is InChI=1S/C26H36N4O4/c1-32-23-7-5-21(19-24(23)34-16-4-13-29-11-2-3-12-29)20-25-27-10-9-22(28-25)6-8-26(31)30-14-17-33-18-15-30/h5,7,9-10,19H,2-4,6,8,11-18,20H2,1H3. The van der Waals surface area contributed by atoms with Crippen molar-refractivity contribution in [1.82, 2.24) is 19.8 Å². The first-order valence-corrected chi connectivity index (χ1v) is 12.4. The number of nitrogens with zero attached hydrogens (tertiary/aromatic N) is 4. The first-order valence-electron chi connectivity index (χ1n) is 12.4. The maximum absolute atomic E-state index is 12.4. The van der Waals surface area contributed by atoms with Crippen molar-refractivity contribution in [3.63, 3.8) is 0 Å². The Kier molecular flexibility index (Phi) is 9.10. The Hall–Kier alpha value is -2.71. The largest absolute Gasteiger partial charge is 0.493 e. The van der Waals surface area contributed by atoms with Gasteiger partial charge in [0.05, 0.1) is 26.9 Å². The molecular formula is C26H36N4O4. The van der Waals surface area contributed by atoms with Crippen LogP contribution in [0.3, 0.4) is 0 Å². The summed E-state index contributed by atoms with van der Waals surface area (Å²) in [4.78, 5) is 25.9. The van der Waals surface area contributed by atoms with Crippen LogP contribution in [0.25, 0.3) is 0 Å². The molecule has 8 nitrogen and oxygen atoms in total. The van der Waals surface area contributed by atoms with Crippen LogP contribution in [0.15, 0.2) is 30.5 Å². The number of aryl methyl sites for hydroxylation is 1. The van der Waals surface area contributed by atoms with Gasteiger partial charge in [0.1, 0.15) is 5.82 Å². The fourth-order valence-electron chi connectivity index (χ4n) is 4.47. The minimum atomic E-state index is 0.158. The van der Waals surface area contributed by atoms with E-state index in [4.69, 9.17) is 19.2 Å². The molecule has 1 amide bonds. The molecular weight excluding hydrogens is 432 g/mol. The predicted molar refractivity (Wildman–Crippen MR) is 129 cm³/mol. The molecule has 2 aromatic rings. The highest BCUT2D eigenvalue weighted by Crippen LogP contribution is 2.29. The third-order valence-corrected chi connectivity index (χ3v) is 6.39. The summed E-state index contributed by atoms with van der Waals surface area (Å²) in [5.41, 5.74) is 1.95. The number of likely N-dealkylation sites (tertiary alicyclic amines) is 1. The van der Waals surface area contributed by atoms with Crippen LogP contribution in [0.4, 0.5) is 0 Å². The lowest BCUT2D eigenvalue weighted by atomic mass is 10.1. The van der Waals surface area contributed by atoms with Gasteiger partial charge in [0, 0.05) is 44.4 Å². The van der Waals surface area contributed by atoms with Gasteiger partial charge in [0.2, 0.25) is 5.91 Å². The topological polar surface area (TPSA) is 77.0 Å². The molecule has 4 rings (SSSR count). The molecule has 0 spiro atoms. The first kappa shape index (κ1) is 24.4. The SMILES string of the molecule is COc1ccc(Cc2nccc(CCC(=O)N3CCOCC3)n2)cc1OCCCN1CCCC1. The fourth-order valence-corrected chi connectivity index (χ4v) is 4.47. The Morgan fingerprint density at radius 3 is 2.71 bits per heavy atom.